The van der Waals surface area contributed by atoms with E-state index in [-0.39, 0.29) is 78.1 Å². The Morgan fingerprint density at radius 3 is 1.21 bits per heavy atom. The lowest BCUT2D eigenvalue weighted by Gasteiger charge is -2.47. The van der Waals surface area contributed by atoms with Crippen molar-refractivity contribution in [3.8, 4) is 0 Å². The van der Waals surface area contributed by atoms with Crippen LogP contribution in [0.25, 0.3) is 0 Å². The van der Waals surface area contributed by atoms with E-state index in [1.54, 1.807) is 13.8 Å². The molecule has 0 aromatic rings. The molecular formula is C46H96N6O6P2S2. The Bertz CT molecular complexity index is 1200. The molecule has 62 heavy (non-hydrogen) atoms. The van der Waals surface area contributed by atoms with Gasteiger partial charge in [0.05, 0.1) is 19.1 Å². The summed E-state index contributed by atoms with van der Waals surface area (Å²) in [4.78, 5) is 27.3. The van der Waals surface area contributed by atoms with Crippen molar-refractivity contribution in [2.75, 3.05) is 44.9 Å². The number of nitrogens with zero attached hydrogens (tertiary/aromatic N) is 5. The lowest BCUT2D eigenvalue weighted by molar-refractivity contribution is -0.112. The molecule has 0 aromatic heterocycles. The predicted molar refractivity (Wildman–Crippen MR) is 272 cm³/mol. The largest absolute Gasteiger partial charge is 0.355 e. The van der Waals surface area contributed by atoms with Crippen LogP contribution in [0.4, 0.5) is 0 Å². The Morgan fingerprint density at radius 2 is 0.887 bits per heavy atom. The zero-order chi connectivity index (χ0) is 47.9. The molecule has 5 unspecified atom stereocenters. The highest BCUT2D eigenvalue weighted by Gasteiger charge is 2.38. The first-order chi connectivity index (χ1) is 28.9. The Balaban J connectivity index is 5.78. The van der Waals surface area contributed by atoms with E-state index in [1.165, 1.54) is 23.5 Å². The van der Waals surface area contributed by atoms with E-state index in [9.17, 15) is 9.59 Å². The van der Waals surface area contributed by atoms with Gasteiger partial charge in [0, 0.05) is 90.6 Å². The average Bonchev–Trinajstić information content (AvgIpc) is 3.14. The lowest BCUT2D eigenvalue weighted by atomic mass is 10.1. The van der Waals surface area contributed by atoms with Crippen molar-refractivity contribution in [1.29, 1.82) is 5.41 Å². The number of hydrogen-bond donors (Lipinski definition) is 1. The first-order valence-corrected chi connectivity index (χ1v) is 28.0. The number of carbonyl (C=O) groups excluding carboxylic acids is 2. The van der Waals surface area contributed by atoms with Gasteiger partial charge in [0.15, 0.2) is 40.7 Å². The van der Waals surface area contributed by atoms with Crippen molar-refractivity contribution in [1.82, 2.24) is 23.6 Å². The zero-order valence-corrected chi connectivity index (χ0v) is 46.7. The van der Waals surface area contributed by atoms with Crippen molar-refractivity contribution >= 4 is 56.4 Å². The minimum absolute atomic E-state index is 0.0438. The fourth-order valence-corrected chi connectivity index (χ4v) is 13.9. The summed E-state index contributed by atoms with van der Waals surface area (Å²) in [5.74, 6) is 1.08. The van der Waals surface area contributed by atoms with E-state index >= 15 is 0 Å². The van der Waals surface area contributed by atoms with Crippen LogP contribution in [-0.4, -0.2) is 145 Å². The first kappa shape index (κ1) is 62.2. The van der Waals surface area contributed by atoms with Crippen LogP contribution >= 0.6 is 40.4 Å². The van der Waals surface area contributed by atoms with Crippen LogP contribution in [0.1, 0.15) is 171 Å². The summed E-state index contributed by atoms with van der Waals surface area (Å²) >= 11 is 2.71. The maximum absolute atomic E-state index is 12.6. The van der Waals surface area contributed by atoms with Crippen LogP contribution < -0.4 is 0 Å². The molecule has 0 bridgehead atoms. The molecule has 0 heterocycles. The predicted octanol–water partition coefficient (Wildman–Crippen LogP) is 12.1. The number of hydrogen-bond acceptors (Lipinski definition) is 14. The third-order valence-electron chi connectivity index (χ3n) is 10.7. The van der Waals surface area contributed by atoms with Crippen LogP contribution in [0.15, 0.2) is 0 Å². The summed E-state index contributed by atoms with van der Waals surface area (Å²) in [5.41, 5.74) is 0.402. The molecule has 368 valence electrons. The van der Waals surface area contributed by atoms with Crippen LogP contribution in [-0.2, 0) is 28.1 Å². The molecule has 0 aliphatic rings. The Morgan fingerprint density at radius 1 is 0.532 bits per heavy atom. The SMILES string of the molecule is CC(=N)C(C)C(=O)SCCCOCOP(N(C(C)C)C(C)C)N(C(C)C)C(C)CCC(C)N(C(C)C)P(OCOCCCSC(=O)CCN(C(C)C)C(C)C)N(C(C)C)C(C)C. The molecule has 0 saturated carbocycles. The van der Waals surface area contributed by atoms with Crippen LogP contribution in [0, 0.1) is 11.3 Å². The smallest absolute Gasteiger partial charge is 0.197 e. The summed E-state index contributed by atoms with van der Waals surface area (Å²) in [6, 6.07) is 3.00. The van der Waals surface area contributed by atoms with Crippen molar-refractivity contribution in [3.63, 3.8) is 0 Å². The molecule has 1 N–H and O–H groups in total. The fraction of sp³-hybridized carbons (Fsp3) is 0.935. The number of thioether (sulfide) groups is 2. The van der Waals surface area contributed by atoms with Gasteiger partial charge in [-0.05, 0) is 164 Å². The Hall–Kier alpha value is 0.210. The average molecular weight is 955 g/mol. The Labute approximate surface area is 393 Å². The molecular weight excluding hydrogens is 859 g/mol. The highest BCUT2D eigenvalue weighted by atomic mass is 32.2. The molecule has 16 heteroatoms. The number of carbonyl (C=O) groups is 2. The quantitative estimate of drug-likeness (QED) is 0.0279. The maximum Gasteiger partial charge on any atom is 0.197 e. The maximum atomic E-state index is 12.6. The molecule has 0 rings (SSSR count). The minimum Gasteiger partial charge on any atom is -0.355 e. The highest BCUT2D eigenvalue weighted by Crippen LogP contribution is 2.53. The molecule has 5 atom stereocenters. The van der Waals surface area contributed by atoms with Crippen LogP contribution in [0.5, 0.6) is 0 Å². The monoisotopic (exact) mass is 955 g/mol. The van der Waals surface area contributed by atoms with Crippen molar-refractivity contribution < 1.29 is 28.1 Å². The van der Waals surface area contributed by atoms with Gasteiger partial charge in [-0.3, -0.25) is 14.5 Å². The van der Waals surface area contributed by atoms with Crippen molar-refractivity contribution in [2.24, 2.45) is 5.92 Å². The zero-order valence-electron chi connectivity index (χ0n) is 43.2. The van der Waals surface area contributed by atoms with Crippen LogP contribution in [0.2, 0.25) is 0 Å². The second-order valence-electron chi connectivity index (χ2n) is 18.8. The molecule has 0 fully saturated rings. The second-order valence-corrected chi connectivity index (χ2v) is 24.5. The normalized spacial score (nSPS) is 15.4. The minimum atomic E-state index is -1.15. The summed E-state index contributed by atoms with van der Waals surface area (Å²) in [5, 5.41) is 8.05. The van der Waals surface area contributed by atoms with Crippen LogP contribution in [0.3, 0.4) is 0 Å². The third kappa shape index (κ3) is 23.8. The number of nitrogens with one attached hydrogen (secondary N) is 1. The Kier molecular flexibility index (Phi) is 33.8. The van der Waals surface area contributed by atoms with E-state index in [4.69, 9.17) is 23.9 Å². The molecule has 0 saturated heterocycles. The molecule has 12 nitrogen and oxygen atoms in total. The second kappa shape index (κ2) is 33.6. The van der Waals surface area contributed by atoms with Gasteiger partial charge in [0.2, 0.25) is 0 Å². The molecule has 0 aliphatic heterocycles. The van der Waals surface area contributed by atoms with E-state index in [0.717, 1.165) is 38.0 Å². The molecule has 0 aliphatic carbocycles. The van der Waals surface area contributed by atoms with Gasteiger partial charge in [-0.2, -0.15) is 0 Å². The highest BCUT2D eigenvalue weighted by molar-refractivity contribution is 8.13. The molecule has 0 amide bonds. The van der Waals surface area contributed by atoms with E-state index in [1.807, 2.05) is 0 Å². The molecule has 0 aromatic carbocycles. The van der Waals surface area contributed by atoms with Gasteiger partial charge in [-0.1, -0.05) is 23.5 Å². The summed E-state index contributed by atoms with van der Waals surface area (Å²) in [6.07, 6.45) is 4.10. The third-order valence-corrected chi connectivity index (χ3v) is 18.6. The first-order valence-electron chi connectivity index (χ1n) is 23.7. The van der Waals surface area contributed by atoms with E-state index < -0.39 is 16.9 Å². The van der Waals surface area contributed by atoms with Gasteiger partial charge < -0.3 is 23.9 Å². The standard InChI is InChI=1S/C46H96N6O6P2S2/c1-33(2)48(34(3)4)26-25-45(53)61-29-21-27-55-31-57-59(49(35(5)6)36(7)8)51(39(13)14)41(17)23-24-42(18)52(40(15)16)60(50(37(9)10)38(11)12)58-32-56-28-22-30-62-46(54)43(19)44(20)47/h33-43,47H,21-32H2,1-20H3. The summed E-state index contributed by atoms with van der Waals surface area (Å²) in [7, 11) is -2.28. The van der Waals surface area contributed by atoms with Gasteiger partial charge >= 0.3 is 0 Å². The molecule has 0 spiro atoms. The molecule has 0 radical (unpaired) electrons. The fourth-order valence-electron chi connectivity index (χ4n) is 7.66. The number of ether oxygens (including phenoxy) is 2. The lowest BCUT2D eigenvalue weighted by Crippen LogP contribution is -2.46. The van der Waals surface area contributed by atoms with Gasteiger partial charge in [-0.25, -0.2) is 18.7 Å². The van der Waals surface area contributed by atoms with E-state index in [0.29, 0.717) is 43.2 Å². The number of rotatable bonds is 36. The topological polar surface area (TPSA) is 111 Å². The van der Waals surface area contributed by atoms with Crippen molar-refractivity contribution in [2.45, 2.75) is 231 Å². The van der Waals surface area contributed by atoms with Crippen molar-refractivity contribution in [3.05, 3.63) is 0 Å². The summed E-state index contributed by atoms with van der Waals surface area (Å²) in [6.45, 7) is 46.3. The van der Waals surface area contributed by atoms with Gasteiger partial charge in [0.1, 0.15) is 0 Å². The van der Waals surface area contributed by atoms with Gasteiger partial charge in [-0.15, -0.1) is 0 Å². The summed E-state index contributed by atoms with van der Waals surface area (Å²) < 4.78 is 35.8. The van der Waals surface area contributed by atoms with Gasteiger partial charge in [0.25, 0.3) is 0 Å². The van der Waals surface area contributed by atoms with E-state index in [2.05, 4.69) is 148 Å².